The highest BCUT2D eigenvalue weighted by molar-refractivity contribution is 7.92. The van der Waals surface area contributed by atoms with Gasteiger partial charge in [-0.2, -0.15) is 0 Å². The molecule has 1 aliphatic heterocycles. The van der Waals surface area contributed by atoms with Crippen molar-refractivity contribution in [2.75, 3.05) is 16.8 Å². The number of rotatable bonds is 5. The SMILES string of the molecule is Cc1cccc(NS(=O)(=O)c2ccc(C)c(C(=O)Nc3ccc4c(c3)OCO4)c2)c1. The number of carbonyl (C=O) groups excluding carboxylic acids is 1. The molecule has 1 heterocycles. The molecule has 2 N–H and O–H groups in total. The lowest BCUT2D eigenvalue weighted by Gasteiger charge is -2.12. The first-order valence-corrected chi connectivity index (χ1v) is 10.7. The molecule has 0 bridgehead atoms. The lowest BCUT2D eigenvalue weighted by atomic mass is 10.1. The van der Waals surface area contributed by atoms with Gasteiger partial charge in [-0.15, -0.1) is 0 Å². The van der Waals surface area contributed by atoms with Crippen molar-refractivity contribution in [1.29, 1.82) is 0 Å². The molecule has 1 aliphatic rings. The molecule has 0 unspecified atom stereocenters. The Morgan fingerprint density at radius 1 is 0.900 bits per heavy atom. The molecule has 154 valence electrons. The molecule has 0 radical (unpaired) electrons. The first-order chi connectivity index (χ1) is 14.3. The van der Waals surface area contributed by atoms with Crippen molar-refractivity contribution in [2.24, 2.45) is 0 Å². The van der Waals surface area contributed by atoms with Crippen LogP contribution < -0.4 is 19.5 Å². The van der Waals surface area contributed by atoms with Gasteiger partial charge in [-0.3, -0.25) is 9.52 Å². The van der Waals surface area contributed by atoms with Crippen LogP contribution in [-0.2, 0) is 10.0 Å². The molecule has 7 nitrogen and oxygen atoms in total. The van der Waals surface area contributed by atoms with E-state index in [4.69, 9.17) is 9.47 Å². The largest absolute Gasteiger partial charge is 0.454 e. The standard InChI is InChI=1S/C22H20N2O5S/c1-14-4-3-5-17(10-14)24-30(26,27)18-8-6-15(2)19(12-18)22(25)23-16-7-9-20-21(11-16)29-13-28-20/h3-12,24H,13H2,1-2H3,(H,23,25). The average Bonchev–Trinajstić information content (AvgIpc) is 3.15. The molecule has 4 rings (SSSR count). The average molecular weight is 424 g/mol. The topological polar surface area (TPSA) is 93.7 Å². The number of aryl methyl sites for hydroxylation is 2. The number of ether oxygens (including phenoxy) is 2. The van der Waals surface area contributed by atoms with Crippen LogP contribution in [0.4, 0.5) is 11.4 Å². The Bertz CT molecular complexity index is 1240. The Morgan fingerprint density at radius 2 is 1.70 bits per heavy atom. The Balaban J connectivity index is 1.58. The molecule has 3 aromatic carbocycles. The maximum atomic E-state index is 12.8. The number of anilines is 2. The molecule has 1 amide bonds. The fraction of sp³-hybridized carbons (Fsp3) is 0.136. The zero-order valence-electron chi connectivity index (χ0n) is 16.4. The van der Waals surface area contributed by atoms with E-state index >= 15 is 0 Å². The summed E-state index contributed by atoms with van der Waals surface area (Å²) in [6.07, 6.45) is 0. The summed E-state index contributed by atoms with van der Waals surface area (Å²) in [6, 6.07) is 16.6. The quantitative estimate of drug-likeness (QED) is 0.644. The highest BCUT2D eigenvalue weighted by atomic mass is 32.2. The predicted octanol–water partition coefficient (Wildman–Crippen LogP) is 4.09. The van der Waals surface area contributed by atoms with E-state index in [1.807, 2.05) is 13.0 Å². The van der Waals surface area contributed by atoms with E-state index in [9.17, 15) is 13.2 Å². The Kier molecular flexibility index (Phi) is 5.09. The van der Waals surface area contributed by atoms with Crippen LogP contribution >= 0.6 is 0 Å². The Labute approximate surface area is 174 Å². The van der Waals surface area contributed by atoms with Gasteiger partial charge in [0.05, 0.1) is 4.90 Å². The summed E-state index contributed by atoms with van der Waals surface area (Å²) in [7, 11) is -3.85. The van der Waals surface area contributed by atoms with Crippen molar-refractivity contribution in [3.05, 3.63) is 77.4 Å². The van der Waals surface area contributed by atoms with Crippen LogP contribution in [-0.4, -0.2) is 21.1 Å². The maximum absolute atomic E-state index is 12.8. The fourth-order valence-electron chi connectivity index (χ4n) is 3.11. The van der Waals surface area contributed by atoms with Gasteiger partial charge in [-0.1, -0.05) is 18.2 Å². The fourth-order valence-corrected chi connectivity index (χ4v) is 4.18. The zero-order valence-corrected chi connectivity index (χ0v) is 17.2. The molecule has 0 aromatic heterocycles. The van der Waals surface area contributed by atoms with Crippen molar-refractivity contribution in [1.82, 2.24) is 0 Å². The monoisotopic (exact) mass is 424 g/mol. The summed E-state index contributed by atoms with van der Waals surface area (Å²) in [5.41, 5.74) is 2.84. The van der Waals surface area contributed by atoms with Crippen molar-refractivity contribution in [3.63, 3.8) is 0 Å². The summed E-state index contributed by atoms with van der Waals surface area (Å²) in [6.45, 7) is 3.76. The molecule has 3 aromatic rings. The number of sulfonamides is 1. The molecule has 8 heteroatoms. The predicted molar refractivity (Wildman–Crippen MR) is 114 cm³/mol. The molecule has 0 saturated carbocycles. The second kappa shape index (κ2) is 7.72. The van der Waals surface area contributed by atoms with Crippen molar-refractivity contribution >= 4 is 27.3 Å². The molecule has 30 heavy (non-hydrogen) atoms. The van der Waals surface area contributed by atoms with Gasteiger partial charge in [0.25, 0.3) is 15.9 Å². The normalized spacial score (nSPS) is 12.5. The Hall–Kier alpha value is -3.52. The zero-order chi connectivity index (χ0) is 21.3. The second-order valence-electron chi connectivity index (χ2n) is 6.97. The summed E-state index contributed by atoms with van der Waals surface area (Å²) in [5.74, 6) is 0.738. The third-order valence-corrected chi connectivity index (χ3v) is 6.04. The van der Waals surface area contributed by atoms with Crippen LogP contribution in [0.3, 0.4) is 0 Å². The smallest absolute Gasteiger partial charge is 0.261 e. The van der Waals surface area contributed by atoms with E-state index in [1.165, 1.54) is 12.1 Å². The van der Waals surface area contributed by atoms with Gasteiger partial charge in [0, 0.05) is 23.0 Å². The number of hydrogen-bond donors (Lipinski definition) is 2. The van der Waals surface area contributed by atoms with Crippen LogP contribution in [0.25, 0.3) is 0 Å². The molecule has 0 spiro atoms. The second-order valence-corrected chi connectivity index (χ2v) is 8.66. The summed E-state index contributed by atoms with van der Waals surface area (Å²) in [5, 5.41) is 2.77. The number of hydrogen-bond acceptors (Lipinski definition) is 5. The van der Waals surface area contributed by atoms with E-state index in [-0.39, 0.29) is 17.3 Å². The summed E-state index contributed by atoms with van der Waals surface area (Å²) < 4.78 is 38.8. The third-order valence-electron chi connectivity index (χ3n) is 4.66. The highest BCUT2D eigenvalue weighted by Crippen LogP contribution is 2.34. The molecule has 0 saturated heterocycles. The van der Waals surface area contributed by atoms with Gasteiger partial charge < -0.3 is 14.8 Å². The molecule has 0 atom stereocenters. The maximum Gasteiger partial charge on any atom is 0.261 e. The minimum Gasteiger partial charge on any atom is -0.454 e. The minimum atomic E-state index is -3.85. The van der Waals surface area contributed by atoms with Gasteiger partial charge in [0.15, 0.2) is 11.5 Å². The van der Waals surface area contributed by atoms with E-state index in [2.05, 4.69) is 10.0 Å². The number of carbonyl (C=O) groups is 1. The molecule has 0 aliphatic carbocycles. The van der Waals surface area contributed by atoms with Crippen molar-refractivity contribution in [2.45, 2.75) is 18.7 Å². The van der Waals surface area contributed by atoms with Crippen LogP contribution in [0.2, 0.25) is 0 Å². The van der Waals surface area contributed by atoms with Gasteiger partial charge in [0.2, 0.25) is 6.79 Å². The van der Waals surface area contributed by atoms with Crippen LogP contribution in [0, 0.1) is 13.8 Å². The number of nitrogens with one attached hydrogen (secondary N) is 2. The summed E-state index contributed by atoms with van der Waals surface area (Å²) in [4.78, 5) is 12.8. The van der Waals surface area contributed by atoms with Crippen LogP contribution in [0.1, 0.15) is 21.5 Å². The van der Waals surface area contributed by atoms with Crippen molar-refractivity contribution < 1.29 is 22.7 Å². The first kappa shape index (κ1) is 19.8. The van der Waals surface area contributed by atoms with E-state index in [1.54, 1.807) is 49.4 Å². The first-order valence-electron chi connectivity index (χ1n) is 9.23. The van der Waals surface area contributed by atoms with Crippen LogP contribution in [0.15, 0.2) is 65.6 Å². The van der Waals surface area contributed by atoms with Gasteiger partial charge in [0.1, 0.15) is 0 Å². The lowest BCUT2D eigenvalue weighted by Crippen LogP contribution is -2.17. The van der Waals surface area contributed by atoms with E-state index in [0.717, 1.165) is 5.56 Å². The third kappa shape index (κ3) is 4.08. The number of fused-ring (bicyclic) bond motifs is 1. The van der Waals surface area contributed by atoms with Gasteiger partial charge >= 0.3 is 0 Å². The van der Waals surface area contributed by atoms with Crippen LogP contribution in [0.5, 0.6) is 11.5 Å². The van der Waals surface area contributed by atoms with Gasteiger partial charge in [-0.25, -0.2) is 8.42 Å². The highest BCUT2D eigenvalue weighted by Gasteiger charge is 2.19. The van der Waals surface area contributed by atoms with Gasteiger partial charge in [-0.05, 0) is 61.4 Å². The van der Waals surface area contributed by atoms with E-state index in [0.29, 0.717) is 28.4 Å². The molecular formula is C22H20N2O5S. The summed E-state index contributed by atoms with van der Waals surface area (Å²) >= 11 is 0. The minimum absolute atomic E-state index is 0.00504. The van der Waals surface area contributed by atoms with Crippen molar-refractivity contribution in [3.8, 4) is 11.5 Å². The molecule has 0 fully saturated rings. The Morgan fingerprint density at radius 3 is 2.50 bits per heavy atom. The van der Waals surface area contributed by atoms with E-state index < -0.39 is 15.9 Å². The lowest BCUT2D eigenvalue weighted by molar-refractivity contribution is 0.102. The number of benzene rings is 3. The number of amides is 1. The molecular weight excluding hydrogens is 404 g/mol.